The SMILES string of the molecule is Cc1cc(C)cc(CC(=O)N(Cc2ccc(Cl)cc2)[C@H](C)C(=O)NC2CCCCC2)c1. The van der Waals surface area contributed by atoms with Crippen LogP contribution in [0.5, 0.6) is 0 Å². The molecule has 2 amide bonds. The minimum atomic E-state index is -0.545. The molecule has 3 rings (SSSR count). The van der Waals surface area contributed by atoms with Crippen LogP contribution in [0.1, 0.15) is 61.3 Å². The molecule has 0 spiro atoms. The molecule has 166 valence electrons. The van der Waals surface area contributed by atoms with E-state index >= 15 is 0 Å². The van der Waals surface area contributed by atoms with Crippen molar-refractivity contribution in [1.82, 2.24) is 10.2 Å². The van der Waals surface area contributed by atoms with Crippen molar-refractivity contribution in [3.8, 4) is 0 Å². The fraction of sp³-hybridized carbons (Fsp3) is 0.462. The number of rotatable bonds is 7. The summed E-state index contributed by atoms with van der Waals surface area (Å²) in [7, 11) is 0. The lowest BCUT2D eigenvalue weighted by atomic mass is 9.95. The monoisotopic (exact) mass is 440 g/mol. The van der Waals surface area contributed by atoms with Crippen LogP contribution in [-0.2, 0) is 22.6 Å². The third-order valence-corrected chi connectivity index (χ3v) is 6.27. The molecule has 1 aliphatic rings. The Kier molecular flexibility index (Phi) is 8.14. The fourth-order valence-electron chi connectivity index (χ4n) is 4.39. The number of benzene rings is 2. The largest absolute Gasteiger partial charge is 0.352 e. The molecule has 0 radical (unpaired) electrons. The Bertz CT molecular complexity index is 884. The first-order valence-corrected chi connectivity index (χ1v) is 11.6. The van der Waals surface area contributed by atoms with Crippen LogP contribution in [0.4, 0.5) is 0 Å². The minimum Gasteiger partial charge on any atom is -0.352 e. The van der Waals surface area contributed by atoms with Gasteiger partial charge >= 0.3 is 0 Å². The first kappa shape index (κ1) is 23.3. The zero-order valence-electron chi connectivity index (χ0n) is 18.8. The predicted octanol–water partition coefficient (Wildman–Crippen LogP) is 5.37. The van der Waals surface area contributed by atoms with Gasteiger partial charge in [-0.05, 0) is 56.9 Å². The van der Waals surface area contributed by atoms with Crippen LogP contribution in [0.3, 0.4) is 0 Å². The van der Waals surface area contributed by atoms with Crippen LogP contribution in [0, 0.1) is 13.8 Å². The second kappa shape index (κ2) is 10.8. The second-order valence-electron chi connectivity index (χ2n) is 8.84. The summed E-state index contributed by atoms with van der Waals surface area (Å²) in [4.78, 5) is 28.1. The first-order chi connectivity index (χ1) is 14.8. The Morgan fingerprint density at radius 2 is 1.61 bits per heavy atom. The highest BCUT2D eigenvalue weighted by molar-refractivity contribution is 6.30. The van der Waals surface area contributed by atoms with Crippen LogP contribution in [0.25, 0.3) is 0 Å². The van der Waals surface area contributed by atoms with Crippen molar-refractivity contribution in [2.24, 2.45) is 0 Å². The van der Waals surface area contributed by atoms with Gasteiger partial charge in [0, 0.05) is 17.6 Å². The Labute approximate surface area is 191 Å². The van der Waals surface area contributed by atoms with E-state index in [0.717, 1.165) is 47.9 Å². The van der Waals surface area contributed by atoms with Gasteiger partial charge in [-0.25, -0.2) is 0 Å². The van der Waals surface area contributed by atoms with E-state index in [1.54, 1.807) is 4.90 Å². The summed E-state index contributed by atoms with van der Waals surface area (Å²) in [5.74, 6) is -0.124. The summed E-state index contributed by atoms with van der Waals surface area (Å²) < 4.78 is 0. The van der Waals surface area contributed by atoms with Crippen LogP contribution in [0.2, 0.25) is 5.02 Å². The maximum atomic E-state index is 13.4. The van der Waals surface area contributed by atoms with E-state index in [4.69, 9.17) is 11.6 Å². The highest BCUT2D eigenvalue weighted by Crippen LogP contribution is 2.19. The second-order valence-corrected chi connectivity index (χ2v) is 9.28. The molecular weight excluding hydrogens is 408 g/mol. The number of amides is 2. The van der Waals surface area contributed by atoms with Crippen molar-refractivity contribution in [3.05, 3.63) is 69.7 Å². The molecule has 31 heavy (non-hydrogen) atoms. The Morgan fingerprint density at radius 3 is 2.23 bits per heavy atom. The number of nitrogens with one attached hydrogen (secondary N) is 1. The van der Waals surface area contributed by atoms with E-state index < -0.39 is 6.04 Å². The summed E-state index contributed by atoms with van der Waals surface area (Å²) in [6.45, 7) is 6.27. The molecule has 0 unspecified atom stereocenters. The maximum absolute atomic E-state index is 13.4. The zero-order chi connectivity index (χ0) is 22.4. The summed E-state index contributed by atoms with van der Waals surface area (Å²) in [6.07, 6.45) is 5.85. The topological polar surface area (TPSA) is 49.4 Å². The van der Waals surface area contributed by atoms with Gasteiger partial charge in [-0.2, -0.15) is 0 Å². The van der Waals surface area contributed by atoms with Gasteiger partial charge in [0.1, 0.15) is 6.04 Å². The molecule has 1 aliphatic carbocycles. The summed E-state index contributed by atoms with van der Waals surface area (Å²) in [6, 6.07) is 13.3. The Hall–Kier alpha value is -2.33. The molecule has 2 aromatic carbocycles. The van der Waals surface area contributed by atoms with Gasteiger partial charge in [0.2, 0.25) is 11.8 Å². The third kappa shape index (κ3) is 6.83. The average molecular weight is 441 g/mol. The summed E-state index contributed by atoms with van der Waals surface area (Å²) in [5, 5.41) is 3.83. The summed E-state index contributed by atoms with van der Waals surface area (Å²) >= 11 is 6.02. The van der Waals surface area contributed by atoms with Gasteiger partial charge in [0.15, 0.2) is 0 Å². The quantitative estimate of drug-likeness (QED) is 0.629. The van der Waals surface area contributed by atoms with Crippen molar-refractivity contribution < 1.29 is 9.59 Å². The highest BCUT2D eigenvalue weighted by atomic mass is 35.5. The molecule has 1 fully saturated rings. The molecule has 0 aromatic heterocycles. The smallest absolute Gasteiger partial charge is 0.242 e. The third-order valence-electron chi connectivity index (χ3n) is 6.02. The van der Waals surface area contributed by atoms with Crippen molar-refractivity contribution in [2.75, 3.05) is 0 Å². The van der Waals surface area contributed by atoms with Crippen LogP contribution < -0.4 is 5.32 Å². The van der Waals surface area contributed by atoms with Crippen molar-refractivity contribution in [3.63, 3.8) is 0 Å². The zero-order valence-corrected chi connectivity index (χ0v) is 19.5. The normalized spacial score (nSPS) is 15.4. The van der Waals surface area contributed by atoms with Gasteiger partial charge in [-0.1, -0.05) is 72.3 Å². The molecule has 1 N–H and O–H groups in total. The van der Waals surface area contributed by atoms with E-state index in [1.807, 2.05) is 57.2 Å². The van der Waals surface area contributed by atoms with Gasteiger partial charge in [-0.15, -0.1) is 0 Å². The molecule has 0 saturated heterocycles. The molecular formula is C26H33ClN2O2. The van der Waals surface area contributed by atoms with E-state index in [-0.39, 0.29) is 24.3 Å². The standard InChI is InChI=1S/C26H33ClN2O2/c1-18-13-19(2)15-22(14-18)16-25(30)29(17-21-9-11-23(27)12-10-21)20(3)26(31)28-24-7-5-4-6-8-24/h9-15,20,24H,4-8,16-17H2,1-3H3,(H,28,31)/t20-/m1/s1. The van der Waals surface area contributed by atoms with Crippen molar-refractivity contribution in [1.29, 1.82) is 0 Å². The number of carbonyl (C=O) groups excluding carboxylic acids is 2. The molecule has 0 heterocycles. The van der Waals surface area contributed by atoms with Gasteiger partial charge in [-0.3, -0.25) is 9.59 Å². The number of hydrogen-bond acceptors (Lipinski definition) is 2. The number of carbonyl (C=O) groups is 2. The van der Waals surface area contributed by atoms with Gasteiger partial charge in [0.25, 0.3) is 0 Å². The summed E-state index contributed by atoms with van der Waals surface area (Å²) in [5.41, 5.74) is 4.20. The lowest BCUT2D eigenvalue weighted by molar-refractivity contribution is -0.140. The van der Waals surface area contributed by atoms with Crippen molar-refractivity contribution >= 4 is 23.4 Å². The van der Waals surface area contributed by atoms with E-state index in [2.05, 4.69) is 11.4 Å². The number of aryl methyl sites for hydroxylation is 2. The van der Waals surface area contributed by atoms with Crippen molar-refractivity contribution in [2.45, 2.75) is 77.9 Å². The molecule has 4 nitrogen and oxygen atoms in total. The van der Waals surface area contributed by atoms with Gasteiger partial charge < -0.3 is 10.2 Å². The Balaban J connectivity index is 1.77. The van der Waals surface area contributed by atoms with Crippen LogP contribution in [-0.4, -0.2) is 28.8 Å². The fourth-order valence-corrected chi connectivity index (χ4v) is 4.51. The lowest BCUT2D eigenvalue weighted by Crippen LogP contribution is -2.50. The maximum Gasteiger partial charge on any atom is 0.242 e. The van der Waals surface area contributed by atoms with Gasteiger partial charge in [0.05, 0.1) is 6.42 Å². The molecule has 1 saturated carbocycles. The van der Waals surface area contributed by atoms with E-state index in [0.29, 0.717) is 11.6 Å². The Morgan fingerprint density at radius 1 is 1.00 bits per heavy atom. The number of nitrogens with zero attached hydrogens (tertiary/aromatic N) is 1. The molecule has 1 atom stereocenters. The molecule has 5 heteroatoms. The molecule has 0 bridgehead atoms. The number of halogens is 1. The molecule has 2 aromatic rings. The lowest BCUT2D eigenvalue weighted by Gasteiger charge is -2.31. The minimum absolute atomic E-state index is 0.0498. The highest BCUT2D eigenvalue weighted by Gasteiger charge is 2.28. The average Bonchev–Trinajstić information content (AvgIpc) is 2.72. The first-order valence-electron chi connectivity index (χ1n) is 11.2. The van der Waals surface area contributed by atoms with Crippen LogP contribution in [0.15, 0.2) is 42.5 Å². The van der Waals surface area contributed by atoms with E-state index in [1.165, 1.54) is 6.42 Å². The van der Waals surface area contributed by atoms with Crippen LogP contribution >= 0.6 is 11.6 Å². The van der Waals surface area contributed by atoms with E-state index in [9.17, 15) is 9.59 Å². The molecule has 0 aliphatic heterocycles. The number of hydrogen-bond donors (Lipinski definition) is 1. The predicted molar refractivity (Wildman–Crippen MR) is 126 cm³/mol.